The van der Waals surface area contributed by atoms with Crippen LogP contribution in [0.25, 0.3) is 0 Å². The molecular formula is C31H54I2V2. The van der Waals surface area contributed by atoms with Gasteiger partial charge < -0.3 is 0 Å². The molecule has 1 radical (unpaired) electrons. The van der Waals surface area contributed by atoms with E-state index in [-0.39, 0.29) is 18.6 Å². The summed E-state index contributed by atoms with van der Waals surface area (Å²) >= 11 is 4.74. The molecule has 4 heteroatoms. The van der Waals surface area contributed by atoms with E-state index in [0.29, 0.717) is 20.3 Å². The van der Waals surface area contributed by atoms with Gasteiger partial charge in [-0.1, -0.05) is 125 Å². The molecule has 0 amide bonds. The number of halogens is 2. The quantitative estimate of drug-likeness (QED) is 0.272. The summed E-state index contributed by atoms with van der Waals surface area (Å²) in [6.07, 6.45) is 6.68. The predicted molar refractivity (Wildman–Crippen MR) is 174 cm³/mol. The van der Waals surface area contributed by atoms with E-state index in [9.17, 15) is 0 Å². The van der Waals surface area contributed by atoms with Crippen LogP contribution in [0.1, 0.15) is 124 Å². The van der Waals surface area contributed by atoms with E-state index in [2.05, 4.69) is 116 Å². The van der Waals surface area contributed by atoms with Gasteiger partial charge >= 0.3 is 49.4 Å². The van der Waals surface area contributed by atoms with Crippen molar-refractivity contribution >= 4 is 40.0 Å². The predicted octanol–water partition coefficient (Wildman–Crippen LogP) is 12.2. The fraction of sp³-hybridized carbons (Fsp3) is 0.613. The van der Waals surface area contributed by atoms with Crippen LogP contribution in [-0.2, 0) is 45.3 Å². The van der Waals surface area contributed by atoms with Crippen molar-refractivity contribution < 1.29 is 28.0 Å². The van der Waals surface area contributed by atoms with Crippen LogP contribution in [0.15, 0.2) is 48.5 Å². The van der Waals surface area contributed by atoms with Gasteiger partial charge in [0.15, 0.2) is 0 Å². The molecule has 202 valence electrons. The monoisotopic (exact) mass is 782 g/mol. The molecule has 2 aliphatic carbocycles. The molecule has 2 saturated carbocycles. The fourth-order valence-corrected chi connectivity index (χ4v) is 3.58. The largest absolute Gasteiger partial charge is 0 e. The molecular weight excluding hydrogens is 728 g/mol. The average molecular weight is 782 g/mol. The van der Waals surface area contributed by atoms with Crippen molar-refractivity contribution in [2.75, 3.05) is 0 Å². The van der Waals surface area contributed by atoms with Crippen LogP contribution in [0.2, 0.25) is 0 Å². The topological polar surface area (TPSA) is 0 Å². The summed E-state index contributed by atoms with van der Waals surface area (Å²) in [7, 11) is 0.628. The summed E-state index contributed by atoms with van der Waals surface area (Å²) < 4.78 is 0. The third-order valence-electron chi connectivity index (χ3n) is 5.84. The van der Waals surface area contributed by atoms with E-state index >= 15 is 0 Å². The van der Waals surface area contributed by atoms with Crippen molar-refractivity contribution in [2.24, 2.45) is 0 Å². The van der Waals surface area contributed by atoms with Gasteiger partial charge in [-0.25, -0.2) is 0 Å². The smallest absolute Gasteiger partial charge is 0 e. The standard InChI is InChI=1S/C12H16.C11H14.4C2H6.2HI.2V/c1-3-10-6-4-5-7-11(10)12(2)8-9-12;1-9-5-3-4-6-10(9)11(2)7-8-11;4*1-2;;;;/h4-7H,3,8-9H2,1-2H3;3-6H,7-8H2,1-2H3;4*1-2H3;2*1H;;/q;;;;;;;;;+2/p-2. The number of aryl methyl sites for hydroxylation is 2. The zero-order chi connectivity index (χ0) is 27.2. The Hall–Kier alpha value is 1.07. The van der Waals surface area contributed by atoms with E-state index in [1.165, 1.54) is 43.2 Å². The third-order valence-corrected chi connectivity index (χ3v) is 5.84. The Morgan fingerprint density at radius 3 is 1.31 bits per heavy atom. The van der Waals surface area contributed by atoms with Crippen LogP contribution in [-0.4, -0.2) is 0 Å². The first-order valence-electron chi connectivity index (χ1n) is 13.5. The fourth-order valence-electron chi connectivity index (χ4n) is 3.58. The molecule has 0 nitrogen and oxygen atoms in total. The van der Waals surface area contributed by atoms with Gasteiger partial charge in [-0.3, -0.25) is 0 Å². The zero-order valence-electron chi connectivity index (χ0n) is 24.8. The molecule has 0 N–H and O–H groups in total. The Bertz CT molecular complexity index is 709. The molecule has 2 aromatic rings. The van der Waals surface area contributed by atoms with Gasteiger partial charge in [0.1, 0.15) is 0 Å². The number of hydrogen-bond donors (Lipinski definition) is 0. The van der Waals surface area contributed by atoms with Crippen molar-refractivity contribution in [1.29, 1.82) is 0 Å². The normalized spacial score (nSPS) is 13.9. The maximum atomic E-state index is 2.38. The van der Waals surface area contributed by atoms with Crippen LogP contribution < -0.4 is 0 Å². The number of rotatable bonds is 3. The molecule has 2 fully saturated rings. The van der Waals surface area contributed by atoms with Crippen molar-refractivity contribution in [2.45, 2.75) is 126 Å². The van der Waals surface area contributed by atoms with Crippen LogP contribution >= 0.6 is 40.0 Å². The van der Waals surface area contributed by atoms with Crippen LogP contribution in [0.3, 0.4) is 0 Å². The Morgan fingerprint density at radius 1 is 0.657 bits per heavy atom. The average Bonchev–Trinajstić information content (AvgIpc) is 3.84. The van der Waals surface area contributed by atoms with E-state index in [0.717, 1.165) is 0 Å². The van der Waals surface area contributed by atoms with Gasteiger partial charge in [-0.2, -0.15) is 0 Å². The van der Waals surface area contributed by atoms with Gasteiger partial charge in [-0.05, 0) is 72.1 Å². The molecule has 0 spiro atoms. The summed E-state index contributed by atoms with van der Waals surface area (Å²) in [5, 5.41) is 0. The molecule has 4 rings (SSSR count). The minimum Gasteiger partial charge on any atom is 0 e. The SMILES string of the molecule is CC.CC.CC.CC.CCc1ccccc1C1(C)CC1.Cc1ccccc1C1(C)CC1.[I][V][I].[V]. The minimum absolute atomic E-state index is 0. The molecule has 0 unspecified atom stereocenters. The first-order valence-corrected chi connectivity index (χ1v) is 22.5. The maximum absolute atomic E-state index is 2.38. The molecule has 0 aromatic heterocycles. The summed E-state index contributed by atoms with van der Waals surface area (Å²) in [6, 6.07) is 17.6. The summed E-state index contributed by atoms with van der Waals surface area (Å²) in [5.41, 5.74) is 7.20. The molecule has 2 aromatic carbocycles. The van der Waals surface area contributed by atoms with E-state index in [1.54, 1.807) is 11.1 Å². The van der Waals surface area contributed by atoms with Gasteiger partial charge in [0, 0.05) is 18.6 Å². The van der Waals surface area contributed by atoms with E-state index in [4.69, 9.17) is 0 Å². The molecule has 35 heavy (non-hydrogen) atoms. The van der Waals surface area contributed by atoms with E-state index in [1.807, 2.05) is 55.4 Å². The van der Waals surface area contributed by atoms with E-state index < -0.39 is 0 Å². The summed E-state index contributed by atoms with van der Waals surface area (Å²) in [6.45, 7) is 25.2. The van der Waals surface area contributed by atoms with Crippen molar-refractivity contribution in [3.63, 3.8) is 0 Å². The Morgan fingerprint density at radius 2 is 0.971 bits per heavy atom. The van der Waals surface area contributed by atoms with Crippen LogP contribution in [0, 0.1) is 6.92 Å². The molecule has 0 atom stereocenters. The molecule has 2 aliphatic rings. The second-order valence-electron chi connectivity index (χ2n) is 8.01. The number of benzene rings is 2. The second-order valence-corrected chi connectivity index (χ2v) is 19.8. The van der Waals surface area contributed by atoms with Gasteiger partial charge in [0.2, 0.25) is 0 Å². The second kappa shape index (κ2) is 26.7. The number of hydrogen-bond acceptors (Lipinski definition) is 0. The van der Waals surface area contributed by atoms with Crippen LogP contribution in [0.5, 0.6) is 0 Å². The first kappa shape index (κ1) is 43.1. The minimum atomic E-state index is 0. The maximum Gasteiger partial charge on any atom is 0 e. The zero-order valence-corrected chi connectivity index (χ0v) is 31.9. The first-order chi connectivity index (χ1) is 16.4. The van der Waals surface area contributed by atoms with Crippen LogP contribution in [0.4, 0.5) is 0 Å². The van der Waals surface area contributed by atoms with Gasteiger partial charge in [0.25, 0.3) is 0 Å². The van der Waals surface area contributed by atoms with Crippen molar-refractivity contribution in [3.05, 3.63) is 70.8 Å². The molecule has 0 bridgehead atoms. The van der Waals surface area contributed by atoms with Gasteiger partial charge in [0.05, 0.1) is 0 Å². The third kappa shape index (κ3) is 17.3. The molecule has 0 heterocycles. The summed E-state index contributed by atoms with van der Waals surface area (Å²) in [4.78, 5) is 0. The Kier molecular flexibility index (Phi) is 32.9. The molecule has 0 saturated heterocycles. The summed E-state index contributed by atoms with van der Waals surface area (Å²) in [5.74, 6) is 0. The van der Waals surface area contributed by atoms with Gasteiger partial charge in [-0.15, -0.1) is 0 Å². The van der Waals surface area contributed by atoms with Crippen molar-refractivity contribution in [3.8, 4) is 0 Å². The Balaban J connectivity index is -0.000000194. The Labute approximate surface area is 262 Å². The molecule has 0 aliphatic heterocycles. The van der Waals surface area contributed by atoms with Crippen molar-refractivity contribution in [1.82, 2.24) is 0 Å².